The van der Waals surface area contributed by atoms with Gasteiger partial charge < -0.3 is 10.1 Å². The first-order valence-corrected chi connectivity index (χ1v) is 10.8. The van der Waals surface area contributed by atoms with E-state index in [0.717, 1.165) is 12.0 Å². The molecule has 0 aromatic heterocycles. The third-order valence-electron chi connectivity index (χ3n) is 5.15. The maximum atomic E-state index is 13.5. The molecule has 0 fully saturated rings. The third kappa shape index (κ3) is 4.25. The van der Waals surface area contributed by atoms with Crippen LogP contribution in [0.1, 0.15) is 24.5 Å². The summed E-state index contributed by atoms with van der Waals surface area (Å²) < 4.78 is 5.71. The summed E-state index contributed by atoms with van der Waals surface area (Å²) in [6.45, 7) is 4.51. The van der Waals surface area contributed by atoms with Gasteiger partial charge in [-0.2, -0.15) is 0 Å². The van der Waals surface area contributed by atoms with E-state index in [9.17, 15) is 9.59 Å². The van der Waals surface area contributed by atoms with E-state index < -0.39 is 5.91 Å². The number of hydrogen-bond acceptors (Lipinski definition) is 4. The van der Waals surface area contributed by atoms with E-state index in [1.165, 1.54) is 4.90 Å². The van der Waals surface area contributed by atoms with Crippen molar-refractivity contribution in [2.24, 2.45) is 0 Å². The van der Waals surface area contributed by atoms with Crippen molar-refractivity contribution in [1.82, 2.24) is 0 Å². The summed E-state index contributed by atoms with van der Waals surface area (Å²) in [5, 5.41) is 3.73. The number of ether oxygens (including phenoxy) is 1. The third-order valence-corrected chi connectivity index (χ3v) is 5.40. The van der Waals surface area contributed by atoms with E-state index in [1.54, 1.807) is 30.3 Å². The summed E-state index contributed by atoms with van der Waals surface area (Å²) in [6, 6.07) is 21.6. The fourth-order valence-corrected chi connectivity index (χ4v) is 3.72. The van der Waals surface area contributed by atoms with Gasteiger partial charge in [-0.15, -0.1) is 0 Å². The predicted molar refractivity (Wildman–Crippen MR) is 128 cm³/mol. The van der Waals surface area contributed by atoms with Gasteiger partial charge in [-0.05, 0) is 54.8 Å². The second-order valence-electron chi connectivity index (χ2n) is 7.49. The topological polar surface area (TPSA) is 58.6 Å². The number of rotatable bonds is 7. The van der Waals surface area contributed by atoms with Crippen LogP contribution >= 0.6 is 11.6 Å². The zero-order chi connectivity index (χ0) is 22.7. The highest BCUT2D eigenvalue weighted by Gasteiger charge is 2.40. The molecule has 0 aliphatic carbocycles. The minimum Gasteiger partial charge on any atom is -0.494 e. The number of benzene rings is 3. The lowest BCUT2D eigenvalue weighted by Crippen LogP contribution is -2.33. The molecule has 0 unspecified atom stereocenters. The number of nitrogens with zero attached hydrogens (tertiary/aromatic N) is 1. The Balaban J connectivity index is 1.78. The highest BCUT2D eigenvalue weighted by molar-refractivity contribution is 6.46. The molecule has 3 aromatic carbocycles. The van der Waals surface area contributed by atoms with Gasteiger partial charge in [0.15, 0.2) is 0 Å². The Morgan fingerprint density at radius 1 is 0.938 bits per heavy atom. The van der Waals surface area contributed by atoms with Gasteiger partial charge in [0.05, 0.1) is 17.9 Å². The molecule has 0 atom stereocenters. The summed E-state index contributed by atoms with van der Waals surface area (Å²) in [4.78, 5) is 28.2. The molecule has 0 radical (unpaired) electrons. The SMILES string of the molecule is CCCOc1cccc(NC2=C(c3ccc(Cl)cc3)C(=O)N(c3ccccc3C)C2=O)c1. The molecule has 5 nitrogen and oxygen atoms in total. The van der Waals surface area contributed by atoms with Crippen LogP contribution in [0.15, 0.2) is 78.5 Å². The molecular formula is C26H23ClN2O3. The van der Waals surface area contributed by atoms with Crippen LogP contribution in [0, 0.1) is 6.92 Å². The molecule has 2 amide bonds. The van der Waals surface area contributed by atoms with Gasteiger partial charge in [-0.1, -0.05) is 54.9 Å². The molecule has 162 valence electrons. The fraction of sp³-hybridized carbons (Fsp3) is 0.154. The lowest BCUT2D eigenvalue weighted by molar-refractivity contribution is -0.120. The summed E-state index contributed by atoms with van der Waals surface area (Å²) in [7, 11) is 0. The monoisotopic (exact) mass is 446 g/mol. The van der Waals surface area contributed by atoms with E-state index in [2.05, 4.69) is 5.32 Å². The highest BCUT2D eigenvalue weighted by atomic mass is 35.5. The average molecular weight is 447 g/mol. The Morgan fingerprint density at radius 3 is 2.41 bits per heavy atom. The smallest absolute Gasteiger partial charge is 0.282 e. The van der Waals surface area contributed by atoms with Crippen molar-refractivity contribution in [2.45, 2.75) is 20.3 Å². The van der Waals surface area contributed by atoms with E-state index in [-0.39, 0.29) is 11.6 Å². The zero-order valence-electron chi connectivity index (χ0n) is 17.9. The zero-order valence-corrected chi connectivity index (χ0v) is 18.6. The van der Waals surface area contributed by atoms with E-state index in [1.807, 2.05) is 56.3 Å². The van der Waals surface area contributed by atoms with Crippen molar-refractivity contribution < 1.29 is 14.3 Å². The minimum absolute atomic E-state index is 0.216. The van der Waals surface area contributed by atoms with Crippen molar-refractivity contribution >= 4 is 40.4 Å². The Bertz CT molecular complexity index is 1200. The Kier molecular flexibility index (Phi) is 6.28. The summed E-state index contributed by atoms with van der Waals surface area (Å²) in [5.41, 5.74) is 3.19. The second-order valence-corrected chi connectivity index (χ2v) is 7.93. The number of imide groups is 1. The van der Waals surface area contributed by atoms with E-state index in [4.69, 9.17) is 16.3 Å². The van der Waals surface area contributed by atoms with Gasteiger partial charge >= 0.3 is 0 Å². The number of nitrogens with one attached hydrogen (secondary N) is 1. The first-order chi connectivity index (χ1) is 15.5. The molecule has 0 bridgehead atoms. The van der Waals surface area contributed by atoms with Crippen molar-refractivity contribution in [3.8, 4) is 5.75 Å². The minimum atomic E-state index is -0.408. The molecule has 0 spiro atoms. The summed E-state index contributed by atoms with van der Waals surface area (Å²) in [5.74, 6) is -0.0975. The quantitative estimate of drug-likeness (QED) is 0.463. The number of carbonyl (C=O) groups excluding carboxylic acids is 2. The average Bonchev–Trinajstić information content (AvgIpc) is 3.03. The maximum absolute atomic E-state index is 13.5. The molecule has 1 aliphatic heterocycles. The van der Waals surface area contributed by atoms with Crippen LogP contribution in [-0.4, -0.2) is 18.4 Å². The molecule has 1 heterocycles. The molecule has 0 saturated heterocycles. The number of para-hydroxylation sites is 1. The van der Waals surface area contributed by atoms with Gasteiger partial charge in [0.25, 0.3) is 11.8 Å². The van der Waals surface area contributed by atoms with Crippen LogP contribution in [0.5, 0.6) is 5.75 Å². The Morgan fingerprint density at radius 2 is 1.69 bits per heavy atom. The lowest BCUT2D eigenvalue weighted by atomic mass is 10.0. The van der Waals surface area contributed by atoms with Gasteiger partial charge in [0.1, 0.15) is 11.4 Å². The van der Waals surface area contributed by atoms with Crippen LogP contribution in [-0.2, 0) is 9.59 Å². The van der Waals surface area contributed by atoms with Crippen molar-refractivity contribution in [2.75, 3.05) is 16.8 Å². The molecule has 1 aliphatic rings. The first-order valence-electron chi connectivity index (χ1n) is 10.4. The molecule has 6 heteroatoms. The van der Waals surface area contributed by atoms with Crippen molar-refractivity contribution in [3.63, 3.8) is 0 Å². The Hall–Kier alpha value is -3.57. The van der Waals surface area contributed by atoms with Gasteiger partial charge in [-0.25, -0.2) is 4.90 Å². The molecule has 32 heavy (non-hydrogen) atoms. The summed E-state index contributed by atoms with van der Waals surface area (Å²) >= 11 is 6.05. The van der Waals surface area contributed by atoms with Crippen LogP contribution < -0.4 is 15.0 Å². The maximum Gasteiger partial charge on any atom is 0.282 e. The fourth-order valence-electron chi connectivity index (χ4n) is 3.59. The molecule has 3 aromatic rings. The number of carbonyl (C=O) groups is 2. The van der Waals surface area contributed by atoms with Crippen LogP contribution in [0.2, 0.25) is 5.02 Å². The second kappa shape index (κ2) is 9.28. The molecule has 4 rings (SSSR count). The van der Waals surface area contributed by atoms with Crippen molar-refractivity contribution in [3.05, 3.63) is 94.6 Å². The number of hydrogen-bond donors (Lipinski definition) is 1. The van der Waals surface area contributed by atoms with Gasteiger partial charge in [0, 0.05) is 16.8 Å². The van der Waals surface area contributed by atoms with E-state index in [0.29, 0.717) is 39.9 Å². The standard InChI is InChI=1S/C26H23ClN2O3/c1-3-15-32-21-9-6-8-20(16-21)28-24-23(18-11-13-19(27)14-12-18)25(30)29(26(24)31)22-10-5-4-7-17(22)2/h4-14,16,28H,3,15H2,1-2H3. The normalized spacial score (nSPS) is 13.7. The number of aryl methyl sites for hydroxylation is 1. The summed E-state index contributed by atoms with van der Waals surface area (Å²) in [6.07, 6.45) is 0.891. The van der Waals surface area contributed by atoms with Gasteiger partial charge in [0.2, 0.25) is 0 Å². The van der Waals surface area contributed by atoms with Gasteiger partial charge in [-0.3, -0.25) is 9.59 Å². The van der Waals surface area contributed by atoms with Crippen LogP contribution in [0.3, 0.4) is 0 Å². The highest BCUT2D eigenvalue weighted by Crippen LogP contribution is 2.35. The number of halogens is 1. The Labute approximate surface area is 192 Å². The molecule has 0 saturated carbocycles. The van der Waals surface area contributed by atoms with Crippen LogP contribution in [0.4, 0.5) is 11.4 Å². The van der Waals surface area contributed by atoms with E-state index >= 15 is 0 Å². The van der Waals surface area contributed by atoms with Crippen LogP contribution in [0.25, 0.3) is 5.57 Å². The number of amides is 2. The number of anilines is 2. The predicted octanol–water partition coefficient (Wildman–Crippen LogP) is 5.83. The first kappa shape index (κ1) is 21.7. The lowest BCUT2D eigenvalue weighted by Gasteiger charge is -2.17. The largest absolute Gasteiger partial charge is 0.494 e. The molecule has 1 N–H and O–H groups in total. The van der Waals surface area contributed by atoms with Crippen molar-refractivity contribution in [1.29, 1.82) is 0 Å². The molecular weight excluding hydrogens is 424 g/mol.